The number of hydrogen-bond acceptors (Lipinski definition) is 7. The van der Waals surface area contributed by atoms with Crippen LogP contribution < -0.4 is 31.8 Å². The third-order valence-corrected chi connectivity index (χ3v) is 17.7. The second-order valence-corrected chi connectivity index (χ2v) is 20.9. The first-order chi connectivity index (χ1) is 29.2. The van der Waals surface area contributed by atoms with Gasteiger partial charge in [0.25, 0.3) is 0 Å². The predicted octanol–water partition coefficient (Wildman–Crippen LogP) is 8.10. The molecule has 11 heteroatoms. The van der Waals surface area contributed by atoms with E-state index in [1.807, 2.05) is 0 Å². The van der Waals surface area contributed by atoms with E-state index in [1.54, 1.807) is 0 Å². The van der Waals surface area contributed by atoms with Gasteiger partial charge in [0.15, 0.2) is 0 Å². The fourth-order valence-electron chi connectivity index (χ4n) is 5.32. The average Bonchev–Trinajstić information content (AvgIpc) is 3.32. The first-order valence-electron chi connectivity index (χ1n) is 18.1. The van der Waals surface area contributed by atoms with Gasteiger partial charge in [-0.3, -0.25) is 0 Å². The molecule has 0 N–H and O–H groups in total. The molecule has 0 spiro atoms. The van der Waals surface area contributed by atoms with Gasteiger partial charge >= 0.3 is 144 Å². The molecule has 0 fully saturated rings. The summed E-state index contributed by atoms with van der Waals surface area (Å²) in [5.41, 5.74) is -0.397. The normalized spacial score (nSPS) is 11.2. The predicted molar refractivity (Wildman–Crippen MR) is 249 cm³/mol. The number of benzene rings is 6. The molecular formula is C49H42ClIrO6P2S-2. The topological polar surface area (TPSA) is 78.9 Å². The molecule has 0 aliphatic heterocycles. The molecule has 60 heavy (non-hydrogen) atoms. The number of hydrogen-bond donors (Lipinski definition) is 0. The summed E-state index contributed by atoms with van der Waals surface area (Å²) in [4.78, 5) is 34.3. The summed E-state index contributed by atoms with van der Waals surface area (Å²) in [5, 5.41) is 8.39. The molecule has 0 unspecified atom stereocenters. The first kappa shape index (κ1) is 47.6. The van der Waals surface area contributed by atoms with Crippen molar-refractivity contribution in [1.82, 2.24) is 0 Å². The monoisotopic (exact) mass is 1050 g/mol. The summed E-state index contributed by atoms with van der Waals surface area (Å²) >= 11 is -0.585. The fourth-order valence-corrected chi connectivity index (χ4v) is 13.5. The first-order valence-corrected chi connectivity index (χ1v) is 25.8. The Bertz CT molecular complexity index is 2040. The van der Waals surface area contributed by atoms with Gasteiger partial charge in [0.1, 0.15) is 0 Å². The van der Waals surface area contributed by atoms with E-state index >= 15 is 0 Å². The Labute approximate surface area is 371 Å². The summed E-state index contributed by atoms with van der Waals surface area (Å²) in [6.45, 7) is 11.0. The second kappa shape index (κ2) is 26.2. The number of rotatable bonds is 13. The minimum atomic E-state index is -1.35. The molecule has 0 aromatic heterocycles. The Balaban J connectivity index is 0.000000199. The molecule has 308 valence electrons. The van der Waals surface area contributed by atoms with Crippen molar-refractivity contribution in [3.8, 4) is 0 Å². The van der Waals surface area contributed by atoms with Gasteiger partial charge in [-0.05, 0) is 47.7 Å². The quantitative estimate of drug-likeness (QED) is 0.0289. The van der Waals surface area contributed by atoms with E-state index in [2.05, 4.69) is 196 Å². The van der Waals surface area contributed by atoms with Crippen LogP contribution in [0.25, 0.3) is 0 Å². The number of carbonyl (C=O) groups is 3. The summed E-state index contributed by atoms with van der Waals surface area (Å²) in [6.07, 6.45) is 1.07. The van der Waals surface area contributed by atoms with Gasteiger partial charge in [0.2, 0.25) is 0 Å². The van der Waals surface area contributed by atoms with Crippen LogP contribution in [0.1, 0.15) is 0 Å². The Morgan fingerprint density at radius 2 is 0.750 bits per heavy atom. The van der Waals surface area contributed by atoms with Gasteiger partial charge in [-0.25, -0.2) is 0 Å². The number of halogens is 1. The van der Waals surface area contributed by atoms with Crippen LogP contribution in [0, 0.1) is 13.2 Å². The number of carbonyl (C=O) groups excluding carboxylic acids is 3. The van der Waals surface area contributed by atoms with Crippen LogP contribution in [0.3, 0.4) is 0 Å². The number of thioether (sulfide) groups is 1. The van der Waals surface area contributed by atoms with Gasteiger partial charge in [0.05, 0.1) is 0 Å². The van der Waals surface area contributed by atoms with Crippen LogP contribution in [0.15, 0.2) is 204 Å². The van der Waals surface area contributed by atoms with Crippen molar-refractivity contribution < 1.29 is 44.8 Å². The molecule has 0 aliphatic rings. The van der Waals surface area contributed by atoms with Crippen molar-refractivity contribution in [3.63, 3.8) is 0 Å². The molecule has 0 radical (unpaired) electrons. The van der Waals surface area contributed by atoms with Crippen molar-refractivity contribution >= 4 is 90.3 Å². The molecule has 6 aromatic rings. The van der Waals surface area contributed by atoms with Crippen LogP contribution in [0.2, 0.25) is 0 Å². The maximum atomic E-state index is 11.8. The van der Waals surface area contributed by atoms with E-state index in [9.17, 15) is 14.4 Å². The molecule has 0 saturated heterocycles. The zero-order valence-electron chi connectivity index (χ0n) is 33.0. The number of ether oxygens (including phenoxy) is 3. The Hall–Kier alpha value is -5.03. The molecule has 0 heterocycles. The SMILES string of the molecule is [CH-]=C(/C=C(/C(=O)OC)[C](SC(=[CH-])C(=O)OC)=[Ir][Cl])C(=O)OC.c1ccc(P(c2ccccc2)c2ccccc2)cc1.c1ccc(P(c2ccccc2)c2ccccc2)cc1. The van der Waals surface area contributed by atoms with E-state index < -0.39 is 50.0 Å². The molecule has 0 bridgehead atoms. The number of methoxy groups -OCH3 is 3. The standard InChI is InChI=1S/2C18H15P.C13H12O6S.ClH.Ir/c2*1-4-10-16(11-5-1)19(17-12-6-2-7-13-17)18-14-8-3-9-15-18;1-8(11(14)17-3)6-10(13(16)19-5)7-20-9(2)12(15)18-4;;/h2*1-15H;1-2,6H,3-5H3;1H;/q;;-2;;+1/p-1/b;;10-6+;;. The largest absolute Gasteiger partial charge is 0.0622 e. The Morgan fingerprint density at radius 3 is 0.983 bits per heavy atom. The zero-order valence-corrected chi connectivity index (χ0v) is 38.8. The fraction of sp³-hybridized carbons (Fsp3) is 0.0612. The number of esters is 3. The third-order valence-electron chi connectivity index (χ3n) is 8.05. The van der Waals surface area contributed by atoms with Gasteiger partial charge in [-0.1, -0.05) is 182 Å². The van der Waals surface area contributed by atoms with Gasteiger partial charge < -0.3 is 0 Å². The summed E-state index contributed by atoms with van der Waals surface area (Å²) in [6, 6.07) is 64.7. The van der Waals surface area contributed by atoms with E-state index in [-0.39, 0.29) is 19.4 Å². The molecule has 6 rings (SSSR count). The third kappa shape index (κ3) is 14.6. The smallest absolute Gasteiger partial charge is 0.0134 e. The van der Waals surface area contributed by atoms with Crippen LogP contribution in [-0.4, -0.2) is 42.6 Å². The van der Waals surface area contributed by atoms with E-state index in [0.29, 0.717) is 0 Å². The van der Waals surface area contributed by atoms with Gasteiger partial charge in [-0.15, -0.1) is 0 Å². The molecule has 6 aromatic carbocycles. The maximum absolute atomic E-state index is 11.8. The van der Waals surface area contributed by atoms with Crippen molar-refractivity contribution in [1.29, 1.82) is 0 Å². The summed E-state index contributed by atoms with van der Waals surface area (Å²) in [7, 11) is 8.44. The molecular weight excluding hydrogens is 1010 g/mol. The van der Waals surface area contributed by atoms with Crippen molar-refractivity contribution in [2.24, 2.45) is 0 Å². The molecule has 0 aliphatic carbocycles. The average molecular weight is 1050 g/mol. The summed E-state index contributed by atoms with van der Waals surface area (Å²) < 4.78 is 13.8. The van der Waals surface area contributed by atoms with Crippen LogP contribution in [0.5, 0.6) is 0 Å². The Kier molecular flexibility index (Phi) is 20.8. The molecule has 6 nitrogen and oxygen atoms in total. The minimum absolute atomic E-state index is 0.0720. The maximum Gasteiger partial charge on any atom is -0.0134 e. The second-order valence-electron chi connectivity index (χ2n) is 12.0. The molecule has 0 saturated carbocycles. The van der Waals surface area contributed by atoms with Crippen LogP contribution in [-0.2, 0) is 44.8 Å². The molecule has 0 amide bonds. The summed E-state index contributed by atoms with van der Waals surface area (Å²) in [5.74, 6) is -2.38. The van der Waals surface area contributed by atoms with Crippen molar-refractivity contribution in [2.75, 3.05) is 21.3 Å². The van der Waals surface area contributed by atoms with Gasteiger partial charge in [-0.2, -0.15) is 0 Å². The van der Waals surface area contributed by atoms with E-state index in [1.165, 1.54) is 31.8 Å². The van der Waals surface area contributed by atoms with Crippen molar-refractivity contribution in [3.05, 3.63) is 217 Å². The van der Waals surface area contributed by atoms with Crippen molar-refractivity contribution in [2.45, 2.75) is 0 Å². The molecule has 0 atom stereocenters. The van der Waals surface area contributed by atoms with E-state index in [4.69, 9.17) is 22.7 Å². The zero-order chi connectivity index (χ0) is 43.1. The van der Waals surface area contributed by atoms with E-state index in [0.717, 1.165) is 39.2 Å². The Morgan fingerprint density at radius 1 is 0.483 bits per heavy atom. The van der Waals surface area contributed by atoms with Crippen LogP contribution in [0.4, 0.5) is 0 Å². The van der Waals surface area contributed by atoms with Crippen LogP contribution >= 0.6 is 37.2 Å². The van der Waals surface area contributed by atoms with Gasteiger partial charge in [0, 0.05) is 0 Å². The minimum Gasteiger partial charge on any atom is -0.0622 e.